The molecule has 2 atom stereocenters. The molecule has 0 aliphatic carbocycles. The van der Waals surface area contributed by atoms with E-state index in [1.165, 1.54) is 12.8 Å². The van der Waals surface area contributed by atoms with Gasteiger partial charge in [0.2, 0.25) is 0 Å². The highest BCUT2D eigenvalue weighted by molar-refractivity contribution is 6.20. The Morgan fingerprint density at radius 1 is 1.45 bits per heavy atom. The van der Waals surface area contributed by atoms with Crippen LogP contribution in [0.5, 0.6) is 0 Å². The summed E-state index contributed by atoms with van der Waals surface area (Å²) in [5, 5.41) is 0.303. The van der Waals surface area contributed by atoms with Crippen LogP contribution in [0.2, 0.25) is 0 Å². The van der Waals surface area contributed by atoms with Gasteiger partial charge in [-0.15, -0.1) is 11.6 Å². The van der Waals surface area contributed by atoms with Crippen molar-refractivity contribution in [3.63, 3.8) is 0 Å². The van der Waals surface area contributed by atoms with Gasteiger partial charge < -0.3 is 4.74 Å². The number of rotatable bonds is 6. The topological polar surface area (TPSA) is 9.23 Å². The summed E-state index contributed by atoms with van der Waals surface area (Å²) in [7, 11) is 1.74. The van der Waals surface area contributed by atoms with Crippen LogP contribution in [-0.2, 0) is 4.74 Å². The average molecular weight is 179 g/mol. The molecule has 0 heterocycles. The molecular weight excluding hydrogens is 160 g/mol. The van der Waals surface area contributed by atoms with Crippen molar-refractivity contribution in [2.45, 2.75) is 38.5 Å². The van der Waals surface area contributed by atoms with Crippen LogP contribution in [0.15, 0.2) is 0 Å². The molecule has 1 nitrogen and oxygen atoms in total. The Bertz CT molecular complexity index is 83.6. The van der Waals surface area contributed by atoms with Crippen molar-refractivity contribution in [1.29, 1.82) is 0 Å². The number of ether oxygens (including phenoxy) is 1. The zero-order valence-corrected chi connectivity index (χ0v) is 8.53. The Morgan fingerprint density at radius 3 is 2.45 bits per heavy atom. The third-order valence-corrected chi connectivity index (χ3v) is 2.45. The summed E-state index contributed by atoms with van der Waals surface area (Å²) in [6, 6.07) is 0. The number of halogens is 1. The minimum atomic E-state index is 0.303. The van der Waals surface area contributed by atoms with E-state index >= 15 is 0 Å². The second-order valence-electron chi connectivity index (χ2n) is 2.98. The summed E-state index contributed by atoms with van der Waals surface area (Å²) in [4.78, 5) is 0. The minimum absolute atomic E-state index is 0.303. The Hall–Kier alpha value is 0.250. The minimum Gasteiger partial charge on any atom is -0.385 e. The largest absolute Gasteiger partial charge is 0.385 e. The van der Waals surface area contributed by atoms with Crippen LogP contribution in [-0.4, -0.2) is 19.1 Å². The van der Waals surface area contributed by atoms with Crippen LogP contribution < -0.4 is 0 Å². The zero-order chi connectivity index (χ0) is 8.69. The third kappa shape index (κ3) is 5.51. The maximum Gasteiger partial charge on any atom is 0.0462 e. The van der Waals surface area contributed by atoms with Crippen LogP contribution in [0, 0.1) is 5.92 Å². The van der Waals surface area contributed by atoms with Gasteiger partial charge in [0.15, 0.2) is 0 Å². The van der Waals surface area contributed by atoms with Gasteiger partial charge in [0.1, 0.15) is 0 Å². The first kappa shape index (κ1) is 11.2. The molecular formula is C9H19ClO. The molecule has 0 aliphatic heterocycles. The van der Waals surface area contributed by atoms with E-state index in [9.17, 15) is 0 Å². The molecule has 0 N–H and O–H groups in total. The smallest absolute Gasteiger partial charge is 0.0462 e. The first-order valence-corrected chi connectivity index (χ1v) is 4.79. The highest BCUT2D eigenvalue weighted by Gasteiger charge is 2.11. The molecule has 0 bridgehead atoms. The first-order chi connectivity index (χ1) is 5.22. The number of hydrogen-bond donors (Lipinski definition) is 0. The molecule has 0 radical (unpaired) electrons. The van der Waals surface area contributed by atoms with Crippen molar-refractivity contribution in [1.82, 2.24) is 0 Å². The summed E-state index contributed by atoms with van der Waals surface area (Å²) in [6.07, 6.45) is 3.50. The van der Waals surface area contributed by atoms with Gasteiger partial charge in [0, 0.05) is 19.1 Å². The average Bonchev–Trinajstić information content (AvgIpc) is 1.97. The van der Waals surface area contributed by atoms with E-state index < -0.39 is 0 Å². The lowest BCUT2D eigenvalue weighted by atomic mass is 9.97. The summed E-state index contributed by atoms with van der Waals surface area (Å²) in [5.41, 5.74) is 0. The quantitative estimate of drug-likeness (QED) is 0.449. The number of methoxy groups -OCH3 is 1. The fraction of sp³-hybridized carbons (Fsp3) is 1.00. The van der Waals surface area contributed by atoms with Crippen molar-refractivity contribution in [2.75, 3.05) is 13.7 Å². The predicted octanol–water partition coefficient (Wildman–Crippen LogP) is 3.07. The van der Waals surface area contributed by atoms with Gasteiger partial charge >= 0.3 is 0 Å². The normalized spacial score (nSPS) is 16.4. The molecule has 2 heteroatoms. The van der Waals surface area contributed by atoms with Crippen molar-refractivity contribution in [3.05, 3.63) is 0 Å². The van der Waals surface area contributed by atoms with E-state index in [-0.39, 0.29) is 0 Å². The number of alkyl halides is 1. The van der Waals surface area contributed by atoms with Gasteiger partial charge in [-0.25, -0.2) is 0 Å². The molecule has 11 heavy (non-hydrogen) atoms. The molecule has 0 spiro atoms. The summed E-state index contributed by atoms with van der Waals surface area (Å²) < 4.78 is 4.97. The summed E-state index contributed by atoms with van der Waals surface area (Å²) >= 11 is 5.98. The van der Waals surface area contributed by atoms with Gasteiger partial charge in [0.25, 0.3) is 0 Å². The standard InChI is InChI=1S/C9H19ClO/c1-4-9(8(2)10)6-5-7-11-3/h8-9H,4-7H2,1-3H3. The molecule has 0 fully saturated rings. The fourth-order valence-corrected chi connectivity index (χ4v) is 1.55. The predicted molar refractivity (Wildman–Crippen MR) is 50.2 cm³/mol. The van der Waals surface area contributed by atoms with Gasteiger partial charge in [-0.2, -0.15) is 0 Å². The Balaban J connectivity index is 3.36. The van der Waals surface area contributed by atoms with E-state index in [4.69, 9.17) is 16.3 Å². The molecule has 0 saturated carbocycles. The van der Waals surface area contributed by atoms with E-state index in [2.05, 4.69) is 13.8 Å². The highest BCUT2D eigenvalue weighted by Crippen LogP contribution is 2.19. The van der Waals surface area contributed by atoms with Crippen LogP contribution in [0.25, 0.3) is 0 Å². The second-order valence-corrected chi connectivity index (χ2v) is 3.67. The lowest BCUT2D eigenvalue weighted by Crippen LogP contribution is -2.10. The van der Waals surface area contributed by atoms with Gasteiger partial charge in [-0.05, 0) is 25.7 Å². The first-order valence-electron chi connectivity index (χ1n) is 4.35. The molecule has 0 rings (SSSR count). The molecule has 2 unspecified atom stereocenters. The van der Waals surface area contributed by atoms with Gasteiger partial charge in [0.05, 0.1) is 0 Å². The monoisotopic (exact) mass is 178 g/mol. The van der Waals surface area contributed by atoms with Crippen molar-refractivity contribution in [3.8, 4) is 0 Å². The van der Waals surface area contributed by atoms with Crippen molar-refractivity contribution in [2.24, 2.45) is 5.92 Å². The highest BCUT2D eigenvalue weighted by atomic mass is 35.5. The molecule has 0 saturated heterocycles. The van der Waals surface area contributed by atoms with Crippen LogP contribution in [0.3, 0.4) is 0 Å². The molecule has 0 amide bonds. The Labute approximate surface area is 75.1 Å². The fourth-order valence-electron chi connectivity index (χ4n) is 1.25. The maximum absolute atomic E-state index is 5.98. The molecule has 0 aromatic rings. The van der Waals surface area contributed by atoms with E-state index in [0.29, 0.717) is 11.3 Å². The second kappa shape index (κ2) is 6.93. The van der Waals surface area contributed by atoms with E-state index in [1.807, 2.05) is 0 Å². The maximum atomic E-state index is 5.98. The molecule has 0 aliphatic rings. The molecule has 68 valence electrons. The third-order valence-electron chi connectivity index (χ3n) is 2.10. The van der Waals surface area contributed by atoms with E-state index in [0.717, 1.165) is 13.0 Å². The summed E-state index contributed by atoms with van der Waals surface area (Å²) in [6.45, 7) is 5.12. The zero-order valence-electron chi connectivity index (χ0n) is 7.77. The Morgan fingerprint density at radius 2 is 2.09 bits per heavy atom. The van der Waals surface area contributed by atoms with Crippen molar-refractivity contribution < 1.29 is 4.74 Å². The van der Waals surface area contributed by atoms with Gasteiger partial charge in [-0.3, -0.25) is 0 Å². The molecule has 0 aromatic heterocycles. The van der Waals surface area contributed by atoms with Crippen LogP contribution in [0.1, 0.15) is 33.1 Å². The number of hydrogen-bond acceptors (Lipinski definition) is 1. The molecule has 0 aromatic carbocycles. The van der Waals surface area contributed by atoms with Crippen molar-refractivity contribution >= 4 is 11.6 Å². The lowest BCUT2D eigenvalue weighted by Gasteiger charge is -2.16. The van der Waals surface area contributed by atoms with Gasteiger partial charge in [-0.1, -0.05) is 13.3 Å². The van der Waals surface area contributed by atoms with E-state index in [1.54, 1.807) is 7.11 Å². The SMILES string of the molecule is CCC(CCCOC)C(C)Cl. The Kier molecular flexibility index (Phi) is 7.09. The van der Waals surface area contributed by atoms with Crippen LogP contribution in [0.4, 0.5) is 0 Å². The van der Waals surface area contributed by atoms with Crippen LogP contribution >= 0.6 is 11.6 Å². The lowest BCUT2D eigenvalue weighted by molar-refractivity contribution is 0.186. The summed E-state index contributed by atoms with van der Waals surface area (Å²) in [5.74, 6) is 0.659.